The highest BCUT2D eigenvalue weighted by molar-refractivity contribution is 9.11. The summed E-state index contributed by atoms with van der Waals surface area (Å²) in [7, 11) is 0. The Morgan fingerprint density at radius 2 is 1.86 bits per heavy atom. The van der Waals surface area contributed by atoms with Crippen LogP contribution in [0.4, 0.5) is 0 Å². The third kappa shape index (κ3) is 4.64. The Morgan fingerprint density at radius 3 is 2.52 bits per heavy atom. The van der Waals surface area contributed by atoms with Gasteiger partial charge >= 0.3 is 0 Å². The highest BCUT2D eigenvalue weighted by atomic mass is 79.9. The lowest BCUT2D eigenvalue weighted by Crippen LogP contribution is -2.44. The normalized spacial score (nSPS) is 41.4. The van der Waals surface area contributed by atoms with Crippen LogP contribution < -0.4 is 0 Å². The average molecular weight is 426 g/mol. The van der Waals surface area contributed by atoms with Gasteiger partial charge in [-0.15, -0.1) is 5.73 Å². The van der Waals surface area contributed by atoms with E-state index in [1.807, 2.05) is 6.08 Å². The second-order valence-corrected chi connectivity index (χ2v) is 7.27. The van der Waals surface area contributed by atoms with Crippen LogP contribution in [-0.2, 0) is 9.47 Å². The van der Waals surface area contributed by atoms with Crippen molar-refractivity contribution in [2.75, 3.05) is 0 Å². The molecule has 0 aromatic carbocycles. The molecule has 0 saturated carbocycles. The quantitative estimate of drug-likeness (QED) is 0.539. The molecule has 0 spiro atoms. The lowest BCUT2D eigenvalue weighted by atomic mass is 9.94. The maximum Gasteiger partial charge on any atom is 0.0871 e. The fraction of sp³-hybridized carbons (Fsp3) is 0.800. The molecular weight excluding hydrogens is 404 g/mol. The second kappa shape index (κ2) is 8.25. The van der Waals surface area contributed by atoms with Gasteiger partial charge in [0.05, 0.1) is 36.6 Å². The van der Waals surface area contributed by atoms with E-state index in [0.717, 1.165) is 12.8 Å². The Labute approximate surface area is 142 Å². The summed E-state index contributed by atoms with van der Waals surface area (Å²) in [6, 6.07) is 0. The zero-order valence-electron chi connectivity index (χ0n) is 12.0. The lowest BCUT2D eigenvalue weighted by Gasteiger charge is -2.34. The summed E-state index contributed by atoms with van der Waals surface area (Å²) in [5.74, 6) is 0. The number of alkyl halides is 1. The summed E-state index contributed by atoms with van der Waals surface area (Å²) in [6.45, 7) is 2.07. The molecule has 2 heterocycles. The standard InChI is InChI=1S/C15H22Br2O4/c1-2-10(17)13-7-11(18)12(19)8-15-14(21-13)6-9(20-15)4-3-5-16/h4-5,9-15,18-19H,2,6-8H2,1H3/t3?,9-,10?,11+,12-,13-,14-,15-/m1/s1. The average Bonchev–Trinajstić information content (AvgIpc) is 2.83. The molecule has 2 N–H and O–H groups in total. The summed E-state index contributed by atoms with van der Waals surface area (Å²) >= 11 is 6.79. The van der Waals surface area contributed by atoms with E-state index < -0.39 is 12.2 Å². The van der Waals surface area contributed by atoms with Crippen molar-refractivity contribution in [1.29, 1.82) is 0 Å². The molecule has 0 radical (unpaired) electrons. The van der Waals surface area contributed by atoms with E-state index in [1.54, 1.807) is 4.99 Å². The van der Waals surface area contributed by atoms with Crippen LogP contribution in [0.2, 0.25) is 0 Å². The first kappa shape index (κ1) is 17.7. The van der Waals surface area contributed by atoms with Crippen LogP contribution in [-0.4, -0.2) is 51.7 Å². The number of ether oxygens (including phenoxy) is 2. The van der Waals surface area contributed by atoms with Crippen molar-refractivity contribution in [2.24, 2.45) is 0 Å². The Hall–Kier alpha value is 0.320. The van der Waals surface area contributed by atoms with Crippen LogP contribution in [0, 0.1) is 0 Å². The van der Waals surface area contributed by atoms with Crippen molar-refractivity contribution in [3.63, 3.8) is 0 Å². The van der Waals surface area contributed by atoms with Gasteiger partial charge in [-0.05, 0) is 12.5 Å². The van der Waals surface area contributed by atoms with E-state index in [-0.39, 0.29) is 29.2 Å². The molecule has 0 aromatic rings. The van der Waals surface area contributed by atoms with E-state index in [0.29, 0.717) is 12.8 Å². The number of aliphatic hydroxyl groups is 2. The molecule has 2 aliphatic rings. The topological polar surface area (TPSA) is 58.9 Å². The van der Waals surface area contributed by atoms with Crippen LogP contribution in [0.3, 0.4) is 0 Å². The molecule has 0 aliphatic carbocycles. The van der Waals surface area contributed by atoms with Gasteiger partial charge in [-0.3, -0.25) is 0 Å². The molecule has 2 saturated heterocycles. The van der Waals surface area contributed by atoms with Crippen molar-refractivity contribution < 1.29 is 19.7 Å². The van der Waals surface area contributed by atoms with Crippen molar-refractivity contribution in [3.8, 4) is 0 Å². The Balaban J connectivity index is 2.11. The molecule has 0 bridgehead atoms. The smallest absolute Gasteiger partial charge is 0.0871 e. The minimum absolute atomic E-state index is 0.0536. The molecular formula is C15H22Br2O4. The predicted molar refractivity (Wildman–Crippen MR) is 87.8 cm³/mol. The highest BCUT2D eigenvalue weighted by Gasteiger charge is 2.42. The van der Waals surface area contributed by atoms with Gasteiger partial charge in [0.1, 0.15) is 0 Å². The number of aliphatic hydroxyl groups excluding tert-OH is 2. The predicted octanol–water partition coefficient (Wildman–Crippen LogP) is 2.65. The minimum atomic E-state index is -0.775. The van der Waals surface area contributed by atoms with Gasteiger partial charge in [0, 0.05) is 29.1 Å². The molecule has 2 aliphatic heterocycles. The molecule has 2 fully saturated rings. The number of fused-ring (bicyclic) bond motifs is 1. The zero-order valence-corrected chi connectivity index (χ0v) is 15.2. The third-order valence-corrected chi connectivity index (χ3v) is 5.61. The summed E-state index contributed by atoms with van der Waals surface area (Å²) < 4.78 is 12.1. The van der Waals surface area contributed by atoms with Crippen LogP contribution in [0.5, 0.6) is 0 Å². The monoisotopic (exact) mass is 424 g/mol. The van der Waals surface area contributed by atoms with E-state index in [9.17, 15) is 10.2 Å². The fourth-order valence-corrected chi connectivity index (χ4v) is 3.41. The van der Waals surface area contributed by atoms with Crippen LogP contribution >= 0.6 is 31.9 Å². The van der Waals surface area contributed by atoms with E-state index in [4.69, 9.17) is 9.47 Å². The lowest BCUT2D eigenvalue weighted by molar-refractivity contribution is -0.122. The Bertz CT molecular complexity index is 397. The Morgan fingerprint density at radius 1 is 1.19 bits per heavy atom. The van der Waals surface area contributed by atoms with Gasteiger partial charge in [-0.1, -0.05) is 38.8 Å². The number of rotatable bonds is 3. The number of hydrogen-bond acceptors (Lipinski definition) is 4. The molecule has 1 unspecified atom stereocenters. The van der Waals surface area contributed by atoms with Gasteiger partial charge in [-0.25, -0.2) is 0 Å². The molecule has 6 heteroatoms. The summed E-state index contributed by atoms with van der Waals surface area (Å²) in [5, 5.41) is 20.2. The summed E-state index contributed by atoms with van der Waals surface area (Å²) in [4.78, 5) is 1.82. The molecule has 0 aromatic heterocycles. The first-order chi connectivity index (χ1) is 10.0. The van der Waals surface area contributed by atoms with Gasteiger partial charge in [0.15, 0.2) is 0 Å². The van der Waals surface area contributed by atoms with Crippen LogP contribution in [0.25, 0.3) is 0 Å². The number of hydrogen-bond donors (Lipinski definition) is 2. The van der Waals surface area contributed by atoms with Crippen LogP contribution in [0.1, 0.15) is 32.6 Å². The van der Waals surface area contributed by atoms with Gasteiger partial charge in [0.25, 0.3) is 0 Å². The van der Waals surface area contributed by atoms with Crippen molar-refractivity contribution in [3.05, 3.63) is 16.8 Å². The minimum Gasteiger partial charge on any atom is -0.390 e. The van der Waals surface area contributed by atoms with E-state index in [1.165, 1.54) is 0 Å². The van der Waals surface area contributed by atoms with Gasteiger partial charge in [0.2, 0.25) is 0 Å². The first-order valence-electron chi connectivity index (χ1n) is 7.37. The van der Waals surface area contributed by atoms with E-state index >= 15 is 0 Å². The number of halogens is 2. The summed E-state index contributed by atoms with van der Waals surface area (Å²) in [6.07, 6.45) is 2.38. The largest absolute Gasteiger partial charge is 0.390 e. The van der Waals surface area contributed by atoms with Gasteiger partial charge in [-0.2, -0.15) is 0 Å². The maximum absolute atomic E-state index is 10.1. The van der Waals surface area contributed by atoms with Crippen molar-refractivity contribution in [2.45, 2.75) is 74.1 Å². The van der Waals surface area contributed by atoms with Crippen molar-refractivity contribution >= 4 is 31.9 Å². The molecule has 7 atom stereocenters. The SMILES string of the molecule is CCC(Br)[C@H]1C[C@H](O)[C@H](O)C[C@H]2O[C@H](C=C=CBr)C[C@H]2O1. The second-order valence-electron chi connectivity index (χ2n) is 5.63. The summed E-state index contributed by atoms with van der Waals surface area (Å²) in [5.41, 5.74) is 2.96. The van der Waals surface area contributed by atoms with Crippen LogP contribution in [0.15, 0.2) is 16.8 Å². The van der Waals surface area contributed by atoms with Gasteiger partial charge < -0.3 is 19.7 Å². The highest BCUT2D eigenvalue weighted by Crippen LogP contribution is 2.34. The molecule has 4 nitrogen and oxygen atoms in total. The molecule has 2 rings (SSSR count). The first-order valence-corrected chi connectivity index (χ1v) is 9.20. The van der Waals surface area contributed by atoms with E-state index in [2.05, 4.69) is 44.5 Å². The maximum atomic E-state index is 10.1. The molecule has 120 valence electrons. The molecule has 21 heavy (non-hydrogen) atoms. The Kier molecular flexibility index (Phi) is 6.94. The van der Waals surface area contributed by atoms with Crippen molar-refractivity contribution in [1.82, 2.24) is 0 Å². The fourth-order valence-electron chi connectivity index (χ4n) is 2.92. The third-order valence-electron chi connectivity index (χ3n) is 4.11. The molecule has 0 amide bonds. The zero-order chi connectivity index (χ0) is 15.4.